The van der Waals surface area contributed by atoms with E-state index in [1.54, 1.807) is 0 Å². The molecule has 1 aromatic carbocycles. The number of rotatable bonds is 3. The molecule has 3 N–H and O–H groups in total. The van der Waals surface area contributed by atoms with Crippen LogP contribution in [0.25, 0.3) is 11.0 Å². The molecule has 0 aliphatic carbocycles. The van der Waals surface area contributed by atoms with Gasteiger partial charge in [0.05, 0.1) is 11.1 Å². The zero-order chi connectivity index (χ0) is 15.0. The summed E-state index contributed by atoms with van der Waals surface area (Å²) in [7, 11) is 0. The van der Waals surface area contributed by atoms with Gasteiger partial charge in [-0.25, -0.2) is 4.39 Å². The summed E-state index contributed by atoms with van der Waals surface area (Å²) in [5.74, 6) is -1.14. The van der Waals surface area contributed by atoms with E-state index in [0.717, 1.165) is 18.2 Å². The van der Waals surface area contributed by atoms with Gasteiger partial charge in [0, 0.05) is 12.1 Å². The standard InChI is InChI=1S/C11H7FN6O3/c12-5-1-2-7(18(19)20)8(3-5)21-10-6-4-14-17-9(6)15-11(13)16-10/h1-4H,(H3,13,14,15,16,17). The minimum absolute atomic E-state index is 0.0556. The number of fused-ring (bicyclic) bond motifs is 1. The van der Waals surface area contributed by atoms with Crippen LogP contribution in [0.1, 0.15) is 0 Å². The van der Waals surface area contributed by atoms with Crippen LogP contribution >= 0.6 is 0 Å². The quantitative estimate of drug-likeness (QED) is 0.554. The number of nitrogens with one attached hydrogen (secondary N) is 1. The van der Waals surface area contributed by atoms with Crippen LogP contribution in [-0.4, -0.2) is 25.1 Å². The third-order valence-electron chi connectivity index (χ3n) is 2.62. The fourth-order valence-corrected chi connectivity index (χ4v) is 1.73. The zero-order valence-electron chi connectivity index (χ0n) is 10.3. The molecule has 0 atom stereocenters. The first-order valence-electron chi connectivity index (χ1n) is 5.63. The van der Waals surface area contributed by atoms with E-state index in [4.69, 9.17) is 10.5 Å². The van der Waals surface area contributed by atoms with Crippen molar-refractivity contribution < 1.29 is 14.1 Å². The largest absolute Gasteiger partial charge is 0.431 e. The predicted octanol–water partition coefficient (Wildman–Crippen LogP) is 1.77. The van der Waals surface area contributed by atoms with Crippen LogP contribution in [0.15, 0.2) is 24.4 Å². The Hall–Kier alpha value is -3.30. The SMILES string of the molecule is Nc1nc(Oc2cc(F)ccc2[N+](=O)[O-])c2cn[nH]c2n1. The van der Waals surface area contributed by atoms with E-state index in [2.05, 4.69) is 20.2 Å². The summed E-state index contributed by atoms with van der Waals surface area (Å²) in [6.07, 6.45) is 1.37. The maximum Gasteiger partial charge on any atom is 0.311 e. The number of anilines is 1. The lowest BCUT2D eigenvalue weighted by atomic mass is 10.3. The Morgan fingerprint density at radius 2 is 2.19 bits per heavy atom. The van der Waals surface area contributed by atoms with E-state index < -0.39 is 16.4 Å². The van der Waals surface area contributed by atoms with Gasteiger partial charge >= 0.3 is 5.69 Å². The lowest BCUT2D eigenvalue weighted by Crippen LogP contribution is -2.00. The number of halogens is 1. The molecule has 0 fully saturated rings. The van der Waals surface area contributed by atoms with Crippen LogP contribution < -0.4 is 10.5 Å². The van der Waals surface area contributed by atoms with Crippen molar-refractivity contribution in [2.24, 2.45) is 0 Å². The zero-order valence-corrected chi connectivity index (χ0v) is 10.3. The molecule has 3 rings (SSSR count). The van der Waals surface area contributed by atoms with Crippen molar-refractivity contribution in [3.8, 4) is 11.6 Å². The van der Waals surface area contributed by atoms with Crippen molar-refractivity contribution in [3.63, 3.8) is 0 Å². The molecular weight excluding hydrogens is 283 g/mol. The number of nitro benzene ring substituents is 1. The van der Waals surface area contributed by atoms with Crippen molar-refractivity contribution >= 4 is 22.7 Å². The van der Waals surface area contributed by atoms with Gasteiger partial charge in [-0.3, -0.25) is 15.2 Å². The molecule has 0 radical (unpaired) electrons. The van der Waals surface area contributed by atoms with Gasteiger partial charge in [-0.2, -0.15) is 15.1 Å². The van der Waals surface area contributed by atoms with Gasteiger partial charge in [-0.15, -0.1) is 0 Å². The lowest BCUT2D eigenvalue weighted by Gasteiger charge is -2.06. The summed E-state index contributed by atoms with van der Waals surface area (Å²) in [5.41, 5.74) is 5.41. The highest BCUT2D eigenvalue weighted by Crippen LogP contribution is 2.33. The topological polar surface area (TPSA) is 133 Å². The number of H-pyrrole nitrogens is 1. The number of nitrogen functional groups attached to an aromatic ring is 1. The van der Waals surface area contributed by atoms with Crippen molar-refractivity contribution in [1.82, 2.24) is 20.2 Å². The summed E-state index contributed by atoms with van der Waals surface area (Å²) in [6, 6.07) is 2.86. The highest BCUT2D eigenvalue weighted by atomic mass is 19.1. The van der Waals surface area contributed by atoms with Crippen LogP contribution in [0.2, 0.25) is 0 Å². The number of hydrogen-bond acceptors (Lipinski definition) is 7. The maximum absolute atomic E-state index is 13.3. The van der Waals surface area contributed by atoms with E-state index in [-0.39, 0.29) is 17.6 Å². The second-order valence-corrected chi connectivity index (χ2v) is 3.99. The summed E-state index contributed by atoms with van der Waals surface area (Å²) < 4.78 is 18.6. The second kappa shape index (κ2) is 4.67. The van der Waals surface area contributed by atoms with Crippen LogP contribution in [-0.2, 0) is 0 Å². The van der Waals surface area contributed by atoms with Gasteiger partial charge in [0.25, 0.3) is 0 Å². The Labute approximate surface area is 115 Å². The minimum atomic E-state index is -0.689. The average Bonchev–Trinajstić information content (AvgIpc) is 2.86. The number of nitro groups is 1. The number of nitrogens with zero attached hydrogens (tertiary/aromatic N) is 4. The molecule has 9 nitrogen and oxygen atoms in total. The number of nitrogens with two attached hydrogens (primary N) is 1. The molecule has 106 valence electrons. The minimum Gasteiger partial charge on any atom is -0.431 e. The van der Waals surface area contributed by atoms with E-state index in [1.165, 1.54) is 6.20 Å². The van der Waals surface area contributed by atoms with Crippen molar-refractivity contribution in [2.45, 2.75) is 0 Å². The molecule has 3 aromatic rings. The van der Waals surface area contributed by atoms with E-state index in [0.29, 0.717) is 11.0 Å². The first kappa shape index (κ1) is 12.7. The predicted molar refractivity (Wildman–Crippen MR) is 69.2 cm³/mol. The smallest absolute Gasteiger partial charge is 0.311 e. The molecule has 10 heteroatoms. The molecule has 21 heavy (non-hydrogen) atoms. The third-order valence-corrected chi connectivity index (χ3v) is 2.62. The van der Waals surface area contributed by atoms with Crippen molar-refractivity contribution in [3.05, 3.63) is 40.3 Å². The molecular formula is C11H7FN6O3. The summed E-state index contributed by atoms with van der Waals surface area (Å²) in [4.78, 5) is 18.0. The van der Waals surface area contributed by atoms with Gasteiger partial charge in [0.15, 0.2) is 5.65 Å². The number of ether oxygens (including phenoxy) is 1. The van der Waals surface area contributed by atoms with Gasteiger partial charge < -0.3 is 10.5 Å². The summed E-state index contributed by atoms with van der Waals surface area (Å²) >= 11 is 0. The summed E-state index contributed by atoms with van der Waals surface area (Å²) in [6.45, 7) is 0. The number of hydrogen-bond donors (Lipinski definition) is 2. The molecule has 0 bridgehead atoms. The maximum atomic E-state index is 13.3. The van der Waals surface area contributed by atoms with Crippen LogP contribution in [0.3, 0.4) is 0 Å². The molecule has 0 amide bonds. The van der Waals surface area contributed by atoms with Crippen LogP contribution in [0.4, 0.5) is 16.0 Å². The van der Waals surface area contributed by atoms with Gasteiger partial charge in [0.1, 0.15) is 11.2 Å². The molecule has 0 spiro atoms. The van der Waals surface area contributed by atoms with Crippen LogP contribution in [0.5, 0.6) is 11.6 Å². The van der Waals surface area contributed by atoms with Gasteiger partial charge in [-0.1, -0.05) is 0 Å². The number of aromatic nitrogens is 4. The Balaban J connectivity index is 2.12. The molecule has 0 saturated carbocycles. The molecule has 0 unspecified atom stereocenters. The fourth-order valence-electron chi connectivity index (χ4n) is 1.73. The lowest BCUT2D eigenvalue weighted by molar-refractivity contribution is -0.385. The molecule has 2 heterocycles. The Bertz CT molecular complexity index is 849. The molecule has 0 saturated heterocycles. The van der Waals surface area contributed by atoms with Crippen molar-refractivity contribution in [2.75, 3.05) is 5.73 Å². The average molecular weight is 290 g/mol. The van der Waals surface area contributed by atoms with Crippen LogP contribution in [0, 0.1) is 15.9 Å². The van der Waals surface area contributed by atoms with Gasteiger partial charge in [0.2, 0.25) is 17.6 Å². The Kier molecular flexibility index (Phi) is 2.83. The second-order valence-electron chi connectivity index (χ2n) is 3.99. The molecule has 2 aromatic heterocycles. The van der Waals surface area contributed by atoms with Crippen molar-refractivity contribution in [1.29, 1.82) is 0 Å². The Morgan fingerprint density at radius 1 is 1.38 bits per heavy atom. The summed E-state index contributed by atoms with van der Waals surface area (Å²) in [5, 5.41) is 17.6. The monoisotopic (exact) mass is 290 g/mol. The van der Waals surface area contributed by atoms with E-state index in [1.807, 2.05) is 0 Å². The highest BCUT2D eigenvalue weighted by molar-refractivity contribution is 5.80. The fraction of sp³-hybridized carbons (Fsp3) is 0. The van der Waals surface area contributed by atoms with E-state index >= 15 is 0 Å². The third kappa shape index (κ3) is 2.29. The number of aromatic amines is 1. The highest BCUT2D eigenvalue weighted by Gasteiger charge is 2.19. The van der Waals surface area contributed by atoms with E-state index in [9.17, 15) is 14.5 Å². The first-order chi connectivity index (χ1) is 10.0. The first-order valence-corrected chi connectivity index (χ1v) is 5.63. The van der Waals surface area contributed by atoms with Gasteiger partial charge in [-0.05, 0) is 6.07 Å². The number of benzene rings is 1. The Morgan fingerprint density at radius 3 is 2.95 bits per heavy atom. The molecule has 0 aliphatic rings. The normalized spacial score (nSPS) is 10.7. The molecule has 0 aliphatic heterocycles.